The lowest BCUT2D eigenvalue weighted by molar-refractivity contribution is 0.540. The van der Waals surface area contributed by atoms with Gasteiger partial charge in [-0.25, -0.2) is 0 Å². The van der Waals surface area contributed by atoms with Gasteiger partial charge in [-0.05, 0) is 32.4 Å². The van der Waals surface area contributed by atoms with E-state index in [2.05, 4.69) is 30.0 Å². The van der Waals surface area contributed by atoms with Gasteiger partial charge in [0, 0.05) is 18.8 Å². The Morgan fingerprint density at radius 1 is 1.38 bits per heavy atom. The first-order valence-corrected chi connectivity index (χ1v) is 5.59. The van der Waals surface area contributed by atoms with Crippen molar-refractivity contribution in [2.45, 2.75) is 25.8 Å². The summed E-state index contributed by atoms with van der Waals surface area (Å²) in [6.45, 7) is 5.60. The maximum absolute atomic E-state index is 8.86. The van der Waals surface area contributed by atoms with Crippen molar-refractivity contribution in [3.63, 3.8) is 0 Å². The quantitative estimate of drug-likeness (QED) is 0.822. The van der Waals surface area contributed by atoms with Crippen LogP contribution in [0.1, 0.15) is 20.3 Å². The normalized spacial score (nSPS) is 13.9. The number of nitrogens with zero attached hydrogens (tertiary/aromatic N) is 2. The summed E-state index contributed by atoms with van der Waals surface area (Å²) in [5, 5.41) is 8.86. The number of nitriles is 1. The molecule has 3 heteroatoms. The van der Waals surface area contributed by atoms with Gasteiger partial charge in [-0.15, -0.1) is 0 Å². The first-order valence-electron chi connectivity index (χ1n) is 5.59. The number of hydrogen-bond acceptors (Lipinski definition) is 3. The molecule has 0 amide bonds. The number of hydrogen-bond donors (Lipinski definition) is 1. The molecule has 86 valence electrons. The molecule has 0 radical (unpaired) electrons. The zero-order valence-electron chi connectivity index (χ0n) is 9.98. The topological polar surface area (TPSA) is 53.0 Å². The first-order chi connectivity index (χ1) is 7.59. The third-order valence-electron chi connectivity index (χ3n) is 2.66. The van der Waals surface area contributed by atoms with Crippen LogP contribution in [0.3, 0.4) is 0 Å². The molecule has 1 unspecified atom stereocenters. The molecule has 0 aliphatic rings. The Balaban J connectivity index is 2.61. The van der Waals surface area contributed by atoms with E-state index >= 15 is 0 Å². The summed E-state index contributed by atoms with van der Waals surface area (Å²) in [6, 6.07) is 12.3. The fraction of sp³-hybridized carbons (Fsp3) is 0.462. The van der Waals surface area contributed by atoms with Gasteiger partial charge in [-0.1, -0.05) is 18.2 Å². The van der Waals surface area contributed by atoms with E-state index in [0.717, 1.165) is 13.1 Å². The van der Waals surface area contributed by atoms with E-state index in [-0.39, 0.29) is 0 Å². The fourth-order valence-electron chi connectivity index (χ4n) is 1.53. The number of nitrogens with two attached hydrogens (primary N) is 1. The van der Waals surface area contributed by atoms with Crippen LogP contribution in [0, 0.1) is 11.3 Å². The highest BCUT2D eigenvalue weighted by molar-refractivity contribution is 5.45. The van der Waals surface area contributed by atoms with Gasteiger partial charge >= 0.3 is 0 Å². The van der Waals surface area contributed by atoms with Crippen molar-refractivity contribution >= 4 is 5.69 Å². The van der Waals surface area contributed by atoms with E-state index in [1.165, 1.54) is 5.69 Å². The number of para-hydroxylation sites is 1. The Bertz CT molecular complexity index is 351. The van der Waals surface area contributed by atoms with Crippen molar-refractivity contribution in [3.8, 4) is 6.07 Å². The highest BCUT2D eigenvalue weighted by atomic mass is 15.1. The molecule has 1 atom stereocenters. The van der Waals surface area contributed by atoms with Crippen LogP contribution in [0.15, 0.2) is 30.3 Å². The van der Waals surface area contributed by atoms with E-state index in [0.29, 0.717) is 6.42 Å². The molecule has 0 saturated heterocycles. The van der Waals surface area contributed by atoms with Gasteiger partial charge in [0.2, 0.25) is 0 Å². The van der Waals surface area contributed by atoms with Gasteiger partial charge in [0.25, 0.3) is 0 Å². The third-order valence-corrected chi connectivity index (χ3v) is 2.66. The molecule has 3 nitrogen and oxygen atoms in total. The van der Waals surface area contributed by atoms with E-state index in [1.54, 1.807) is 6.92 Å². The summed E-state index contributed by atoms with van der Waals surface area (Å²) >= 11 is 0. The van der Waals surface area contributed by atoms with Crippen LogP contribution in [0.2, 0.25) is 0 Å². The second-order valence-electron chi connectivity index (χ2n) is 4.19. The zero-order chi connectivity index (χ0) is 12.0. The molecule has 1 aromatic rings. The Kier molecular flexibility index (Phi) is 4.33. The summed E-state index contributed by atoms with van der Waals surface area (Å²) in [6.07, 6.45) is 0.673. The highest BCUT2D eigenvalue weighted by Crippen LogP contribution is 2.15. The molecule has 1 aromatic carbocycles. The number of benzene rings is 1. The van der Waals surface area contributed by atoms with Gasteiger partial charge in [-0.3, -0.25) is 0 Å². The Morgan fingerprint density at radius 2 is 2.00 bits per heavy atom. The smallest absolute Gasteiger partial charge is 0.103 e. The molecule has 0 heterocycles. The molecular weight excluding hydrogens is 198 g/mol. The Hall–Kier alpha value is -1.53. The van der Waals surface area contributed by atoms with Crippen LogP contribution in [0.25, 0.3) is 0 Å². The summed E-state index contributed by atoms with van der Waals surface area (Å²) in [5.41, 5.74) is 6.25. The standard InChI is InChI=1S/C13H19N3/c1-3-16(10-9-13(2,15)11-14)12-7-5-4-6-8-12/h4-8H,3,9-10,15H2,1-2H3. The predicted molar refractivity (Wildman–Crippen MR) is 67.2 cm³/mol. The van der Waals surface area contributed by atoms with Crippen LogP contribution in [0.4, 0.5) is 5.69 Å². The molecule has 2 N–H and O–H groups in total. The Morgan fingerprint density at radius 3 is 2.50 bits per heavy atom. The summed E-state index contributed by atoms with van der Waals surface area (Å²) in [4.78, 5) is 2.22. The molecule has 0 spiro atoms. The van der Waals surface area contributed by atoms with E-state index < -0.39 is 5.54 Å². The van der Waals surface area contributed by atoms with Crippen LogP contribution in [-0.2, 0) is 0 Å². The monoisotopic (exact) mass is 217 g/mol. The maximum atomic E-state index is 8.86. The van der Waals surface area contributed by atoms with Crippen molar-refractivity contribution in [2.75, 3.05) is 18.0 Å². The lowest BCUT2D eigenvalue weighted by Gasteiger charge is -2.26. The van der Waals surface area contributed by atoms with Gasteiger partial charge in [0.1, 0.15) is 5.54 Å². The lowest BCUT2D eigenvalue weighted by Crippen LogP contribution is -2.39. The molecule has 0 fully saturated rings. The van der Waals surface area contributed by atoms with Crippen LogP contribution < -0.4 is 10.6 Å². The minimum absolute atomic E-state index is 0.673. The maximum Gasteiger partial charge on any atom is 0.103 e. The summed E-state index contributed by atoms with van der Waals surface area (Å²) in [7, 11) is 0. The number of rotatable bonds is 5. The highest BCUT2D eigenvalue weighted by Gasteiger charge is 2.18. The fourth-order valence-corrected chi connectivity index (χ4v) is 1.53. The zero-order valence-corrected chi connectivity index (χ0v) is 9.98. The number of anilines is 1. The molecule has 1 rings (SSSR count). The second kappa shape index (κ2) is 5.53. The van der Waals surface area contributed by atoms with E-state index in [1.807, 2.05) is 18.2 Å². The largest absolute Gasteiger partial charge is 0.372 e. The molecule has 16 heavy (non-hydrogen) atoms. The van der Waals surface area contributed by atoms with Crippen LogP contribution >= 0.6 is 0 Å². The summed E-state index contributed by atoms with van der Waals surface area (Å²) < 4.78 is 0. The minimum Gasteiger partial charge on any atom is -0.372 e. The average Bonchev–Trinajstić information content (AvgIpc) is 2.31. The van der Waals surface area contributed by atoms with Crippen molar-refractivity contribution in [1.82, 2.24) is 0 Å². The first kappa shape index (κ1) is 12.5. The summed E-state index contributed by atoms with van der Waals surface area (Å²) in [5.74, 6) is 0. The third kappa shape index (κ3) is 3.56. The van der Waals surface area contributed by atoms with Crippen LogP contribution in [0.5, 0.6) is 0 Å². The molecule has 0 aliphatic carbocycles. The van der Waals surface area contributed by atoms with E-state index in [9.17, 15) is 0 Å². The van der Waals surface area contributed by atoms with Crippen LogP contribution in [-0.4, -0.2) is 18.6 Å². The SMILES string of the molecule is CCN(CCC(C)(N)C#N)c1ccccc1. The predicted octanol–water partition coefficient (Wildman–Crippen LogP) is 2.14. The van der Waals surface area contributed by atoms with E-state index in [4.69, 9.17) is 11.0 Å². The molecule has 0 aromatic heterocycles. The van der Waals surface area contributed by atoms with Gasteiger partial charge in [0.05, 0.1) is 6.07 Å². The minimum atomic E-state index is -0.734. The Labute approximate surface area is 97.5 Å². The molecular formula is C13H19N3. The van der Waals surface area contributed by atoms with Gasteiger partial charge in [0.15, 0.2) is 0 Å². The molecule has 0 aliphatic heterocycles. The average molecular weight is 217 g/mol. The van der Waals surface area contributed by atoms with Gasteiger partial charge in [-0.2, -0.15) is 5.26 Å². The van der Waals surface area contributed by atoms with Crippen molar-refractivity contribution < 1.29 is 0 Å². The van der Waals surface area contributed by atoms with Crippen molar-refractivity contribution in [3.05, 3.63) is 30.3 Å². The van der Waals surface area contributed by atoms with Gasteiger partial charge < -0.3 is 10.6 Å². The second-order valence-corrected chi connectivity index (χ2v) is 4.19. The lowest BCUT2D eigenvalue weighted by atomic mass is 10.0. The van der Waals surface area contributed by atoms with Crippen molar-refractivity contribution in [2.24, 2.45) is 5.73 Å². The van der Waals surface area contributed by atoms with Crippen molar-refractivity contribution in [1.29, 1.82) is 5.26 Å². The molecule has 0 bridgehead atoms. The molecule has 0 saturated carbocycles.